The van der Waals surface area contributed by atoms with E-state index in [-0.39, 0.29) is 18.7 Å². The van der Waals surface area contributed by atoms with Crippen molar-refractivity contribution in [3.05, 3.63) is 12.1 Å². The van der Waals surface area contributed by atoms with Crippen molar-refractivity contribution in [1.29, 1.82) is 0 Å². The minimum Gasteiger partial charge on any atom is -0.744 e. The van der Waals surface area contributed by atoms with Crippen molar-refractivity contribution in [3.8, 4) is 11.5 Å². The van der Waals surface area contributed by atoms with E-state index >= 15 is 0 Å². The number of carbonyl (C=O) groups excluding carboxylic acids is 2. The molecule has 34 heavy (non-hydrogen) atoms. The SMILES string of the molecule is COc1cc2nc(N3CCC([N+]4(CS(=O)(=O)[O-])C(=O)CCCC4=O)CC3)nc(N)c2cc1OC. The summed E-state index contributed by atoms with van der Waals surface area (Å²) in [5.74, 6) is -0.415. The topological polar surface area (TPSA) is 165 Å². The number of aromatic nitrogens is 2. The molecular formula is C21H27N5O7S. The molecule has 2 saturated heterocycles. The van der Waals surface area contributed by atoms with Gasteiger partial charge in [0.25, 0.3) is 0 Å². The summed E-state index contributed by atoms with van der Waals surface area (Å²) < 4.78 is 44.7. The van der Waals surface area contributed by atoms with Crippen LogP contribution in [0, 0.1) is 0 Å². The molecule has 0 atom stereocenters. The Labute approximate surface area is 197 Å². The maximum atomic E-state index is 12.8. The minimum atomic E-state index is -4.80. The Morgan fingerprint density at radius 3 is 2.24 bits per heavy atom. The van der Waals surface area contributed by atoms with Crippen LogP contribution in [-0.2, 0) is 19.7 Å². The van der Waals surface area contributed by atoms with Gasteiger partial charge in [-0.25, -0.2) is 23.0 Å². The van der Waals surface area contributed by atoms with Crippen molar-refractivity contribution in [2.75, 3.05) is 43.8 Å². The monoisotopic (exact) mass is 493 g/mol. The van der Waals surface area contributed by atoms with Crippen LogP contribution in [0.4, 0.5) is 11.8 Å². The number of rotatable bonds is 6. The number of anilines is 2. The minimum absolute atomic E-state index is 0.0804. The lowest BCUT2D eigenvalue weighted by Crippen LogP contribution is -2.68. The number of nitrogens with zero attached hydrogens (tertiary/aromatic N) is 4. The number of quaternary nitrogens is 1. The molecule has 1 aromatic heterocycles. The maximum absolute atomic E-state index is 12.8. The van der Waals surface area contributed by atoms with E-state index < -0.39 is 38.3 Å². The van der Waals surface area contributed by atoms with Gasteiger partial charge in [0.15, 0.2) is 17.4 Å². The van der Waals surface area contributed by atoms with Gasteiger partial charge in [-0.05, 0) is 12.5 Å². The molecule has 13 heteroatoms. The lowest BCUT2D eigenvalue weighted by Gasteiger charge is -2.45. The number of hydrogen-bond donors (Lipinski definition) is 1. The second kappa shape index (κ2) is 8.96. The molecule has 2 N–H and O–H groups in total. The predicted molar refractivity (Wildman–Crippen MR) is 121 cm³/mol. The molecule has 0 saturated carbocycles. The number of likely N-dealkylation sites (tertiary alicyclic amines) is 1. The average molecular weight is 494 g/mol. The zero-order valence-electron chi connectivity index (χ0n) is 19.0. The Kier molecular flexibility index (Phi) is 6.36. The third kappa shape index (κ3) is 4.26. The van der Waals surface area contributed by atoms with Gasteiger partial charge in [-0.15, -0.1) is 0 Å². The number of imide groups is 1. The van der Waals surface area contributed by atoms with E-state index in [1.165, 1.54) is 14.2 Å². The summed E-state index contributed by atoms with van der Waals surface area (Å²) in [5, 5.41) is 0.603. The first-order valence-electron chi connectivity index (χ1n) is 10.9. The molecule has 3 heterocycles. The normalized spacial score (nSPS) is 19.4. The predicted octanol–water partition coefficient (Wildman–Crippen LogP) is 0.755. The number of piperidine rings is 2. The van der Waals surface area contributed by atoms with E-state index in [0.29, 0.717) is 60.7 Å². The van der Waals surface area contributed by atoms with E-state index in [1.807, 2.05) is 4.90 Å². The average Bonchev–Trinajstić information content (AvgIpc) is 2.80. The maximum Gasteiger partial charge on any atom is 0.322 e. The molecule has 0 spiro atoms. The molecule has 184 valence electrons. The van der Waals surface area contributed by atoms with Crippen LogP contribution >= 0.6 is 0 Å². The molecule has 2 aromatic rings. The van der Waals surface area contributed by atoms with Crippen LogP contribution in [0.2, 0.25) is 0 Å². The largest absolute Gasteiger partial charge is 0.744 e. The number of benzene rings is 1. The summed E-state index contributed by atoms with van der Waals surface area (Å²) in [6, 6.07) is 2.81. The molecule has 0 unspecified atom stereocenters. The summed E-state index contributed by atoms with van der Waals surface area (Å²) >= 11 is 0. The Hall–Kier alpha value is -3.03. The standard InChI is InChI=1S/C21H27N5O7S/c1-32-16-10-14-15(11-17(16)33-2)23-21(24-20(14)22)25-8-6-13(7-9-25)26(12-34(29,30)31)18(27)4-3-5-19(26)28/h10-11,13H,3-9,12H2,1-2H3,(H2-,22,23,24,29,30,31). The first-order valence-corrected chi connectivity index (χ1v) is 12.5. The number of nitrogen functional groups attached to an aromatic ring is 1. The molecule has 2 aliphatic heterocycles. The molecular weight excluding hydrogens is 466 g/mol. The van der Waals surface area contributed by atoms with E-state index in [4.69, 9.17) is 15.2 Å². The van der Waals surface area contributed by atoms with E-state index in [0.717, 1.165) is 0 Å². The van der Waals surface area contributed by atoms with Crippen LogP contribution in [0.5, 0.6) is 11.5 Å². The summed E-state index contributed by atoms with van der Waals surface area (Å²) in [6.07, 6.45) is 1.17. The second-order valence-electron chi connectivity index (χ2n) is 8.55. The summed E-state index contributed by atoms with van der Waals surface area (Å²) in [4.78, 5) is 36.5. The van der Waals surface area contributed by atoms with Crippen molar-refractivity contribution in [3.63, 3.8) is 0 Å². The first kappa shape index (κ1) is 24.1. The lowest BCUT2D eigenvalue weighted by molar-refractivity contribution is -0.798. The van der Waals surface area contributed by atoms with Gasteiger partial charge in [0, 0.05) is 37.4 Å². The van der Waals surface area contributed by atoms with Crippen LogP contribution in [0.1, 0.15) is 32.1 Å². The van der Waals surface area contributed by atoms with Gasteiger partial charge in [0.2, 0.25) is 5.95 Å². The molecule has 4 rings (SSSR count). The number of ether oxygens (including phenoxy) is 2. The molecule has 12 nitrogen and oxygen atoms in total. The number of fused-ring (bicyclic) bond motifs is 1. The molecule has 2 aliphatic rings. The molecule has 0 aliphatic carbocycles. The number of carbonyl (C=O) groups is 2. The molecule has 0 radical (unpaired) electrons. The zero-order chi connectivity index (χ0) is 24.7. The zero-order valence-corrected chi connectivity index (χ0v) is 19.8. The van der Waals surface area contributed by atoms with Gasteiger partial charge in [-0.2, -0.15) is 9.47 Å². The Balaban J connectivity index is 1.61. The molecule has 0 bridgehead atoms. The Bertz CT molecular complexity index is 1230. The summed E-state index contributed by atoms with van der Waals surface area (Å²) in [7, 11) is -1.77. The van der Waals surface area contributed by atoms with Gasteiger partial charge in [0.05, 0.1) is 32.6 Å². The number of amides is 2. The van der Waals surface area contributed by atoms with Crippen LogP contribution in [0.3, 0.4) is 0 Å². The van der Waals surface area contributed by atoms with Crippen LogP contribution < -0.4 is 20.1 Å². The molecule has 1 aromatic carbocycles. The highest BCUT2D eigenvalue weighted by Gasteiger charge is 2.54. The van der Waals surface area contributed by atoms with Gasteiger partial charge in [-0.1, -0.05) is 0 Å². The van der Waals surface area contributed by atoms with Crippen molar-refractivity contribution < 1.29 is 36.5 Å². The van der Waals surface area contributed by atoms with Crippen LogP contribution in [0.25, 0.3) is 10.9 Å². The number of methoxy groups -OCH3 is 2. The highest BCUT2D eigenvalue weighted by Crippen LogP contribution is 2.36. The van der Waals surface area contributed by atoms with Crippen molar-refractivity contribution in [2.45, 2.75) is 38.1 Å². The molecule has 2 fully saturated rings. The van der Waals surface area contributed by atoms with Crippen LogP contribution in [0.15, 0.2) is 12.1 Å². The van der Waals surface area contributed by atoms with E-state index in [9.17, 15) is 22.6 Å². The second-order valence-corrected chi connectivity index (χ2v) is 9.92. The fraction of sp³-hybridized carbons (Fsp3) is 0.524. The van der Waals surface area contributed by atoms with Gasteiger partial charge >= 0.3 is 11.8 Å². The highest BCUT2D eigenvalue weighted by molar-refractivity contribution is 7.85. The van der Waals surface area contributed by atoms with Crippen LogP contribution in [-0.4, -0.2) is 78.5 Å². The third-order valence-corrected chi connectivity index (χ3v) is 7.35. The van der Waals surface area contributed by atoms with Crippen molar-refractivity contribution in [2.24, 2.45) is 0 Å². The lowest BCUT2D eigenvalue weighted by atomic mass is 9.96. The van der Waals surface area contributed by atoms with E-state index in [2.05, 4.69) is 9.97 Å². The van der Waals surface area contributed by atoms with Gasteiger partial charge in [0.1, 0.15) is 22.0 Å². The fourth-order valence-electron chi connectivity index (χ4n) is 4.95. The highest BCUT2D eigenvalue weighted by atomic mass is 32.2. The Morgan fingerprint density at radius 2 is 1.68 bits per heavy atom. The molecule has 2 amide bonds. The Morgan fingerprint density at radius 1 is 1.09 bits per heavy atom. The summed E-state index contributed by atoms with van der Waals surface area (Å²) in [5.41, 5.74) is 6.74. The first-order chi connectivity index (χ1) is 16.1. The quantitative estimate of drug-likeness (QED) is 0.343. The number of hydrogen-bond acceptors (Lipinski definition) is 11. The van der Waals surface area contributed by atoms with Gasteiger partial charge < -0.3 is 24.7 Å². The van der Waals surface area contributed by atoms with Gasteiger partial charge in [-0.3, -0.25) is 0 Å². The van der Waals surface area contributed by atoms with E-state index in [1.54, 1.807) is 12.1 Å². The van der Waals surface area contributed by atoms with Crippen molar-refractivity contribution in [1.82, 2.24) is 9.97 Å². The third-order valence-electron chi connectivity index (χ3n) is 6.62. The number of nitrogens with two attached hydrogens (primary N) is 1. The van der Waals surface area contributed by atoms with Crippen molar-refractivity contribution >= 4 is 44.6 Å². The summed E-state index contributed by atoms with van der Waals surface area (Å²) in [6.45, 7) is 0.727. The smallest absolute Gasteiger partial charge is 0.322 e. The fourth-order valence-corrected chi connectivity index (χ4v) is 5.95.